The Balaban J connectivity index is 1.86. The van der Waals surface area contributed by atoms with Crippen molar-refractivity contribution in [2.75, 3.05) is 0 Å². The van der Waals surface area contributed by atoms with Gasteiger partial charge >= 0.3 is 0 Å². The average molecular weight is 422 g/mol. The van der Waals surface area contributed by atoms with Crippen LogP contribution in [0, 0.1) is 0 Å². The second-order valence-corrected chi connectivity index (χ2v) is 8.11. The normalized spacial score (nSPS) is 15.3. The predicted molar refractivity (Wildman–Crippen MR) is 118 cm³/mol. The van der Waals surface area contributed by atoms with E-state index in [0.717, 1.165) is 44.5 Å². The second-order valence-electron chi connectivity index (χ2n) is 7.26. The van der Waals surface area contributed by atoms with Gasteiger partial charge in [-0.1, -0.05) is 35.9 Å². The molecule has 0 saturated carbocycles. The SMILES string of the molecule is Cn1c(=O)cc2c3cc(ccc31)C(Cl)c1ccc(Cl)c(c1)COc1cccc-2c1. The fraction of sp³-hybridized carbons (Fsp3) is 0.125. The van der Waals surface area contributed by atoms with Gasteiger partial charge in [-0.2, -0.15) is 0 Å². The van der Waals surface area contributed by atoms with Crippen LogP contribution in [0.5, 0.6) is 5.75 Å². The molecule has 0 radical (unpaired) electrons. The number of fused-ring (bicyclic) bond motifs is 6. The lowest BCUT2D eigenvalue weighted by Crippen LogP contribution is -2.16. The maximum atomic E-state index is 12.6. The Bertz CT molecular complexity index is 1330. The molecule has 1 aliphatic heterocycles. The molecule has 4 aromatic rings. The number of hydrogen-bond acceptors (Lipinski definition) is 2. The number of benzene rings is 3. The van der Waals surface area contributed by atoms with E-state index in [-0.39, 0.29) is 10.9 Å². The van der Waals surface area contributed by atoms with Crippen molar-refractivity contribution in [3.8, 4) is 16.9 Å². The van der Waals surface area contributed by atoms with Crippen molar-refractivity contribution in [1.29, 1.82) is 0 Å². The largest absolute Gasteiger partial charge is 0.489 e. The Labute approximate surface area is 178 Å². The van der Waals surface area contributed by atoms with Gasteiger partial charge < -0.3 is 9.30 Å². The molecular weight excluding hydrogens is 405 g/mol. The standard InChI is InChI=1S/C24H17Cl2NO2/c1-27-22-8-6-16-11-20(22)19(12-23(27)28)14-3-2-4-18(10-14)29-13-17-9-15(24(16)26)5-7-21(17)25/h2-12,24H,13H2,1H3. The quantitative estimate of drug-likeness (QED) is 0.322. The van der Waals surface area contributed by atoms with Gasteiger partial charge in [0.15, 0.2) is 0 Å². The van der Waals surface area contributed by atoms with Crippen LogP contribution in [0.3, 0.4) is 0 Å². The molecule has 6 bridgehead atoms. The van der Waals surface area contributed by atoms with E-state index >= 15 is 0 Å². The number of halogens is 2. The van der Waals surface area contributed by atoms with Crippen molar-refractivity contribution in [1.82, 2.24) is 4.57 Å². The van der Waals surface area contributed by atoms with E-state index in [9.17, 15) is 4.79 Å². The van der Waals surface area contributed by atoms with E-state index in [1.807, 2.05) is 54.6 Å². The lowest BCUT2D eigenvalue weighted by Gasteiger charge is -2.15. The van der Waals surface area contributed by atoms with Crippen LogP contribution in [0.25, 0.3) is 22.0 Å². The molecule has 0 N–H and O–H groups in total. The summed E-state index contributed by atoms with van der Waals surface area (Å²) in [6.45, 7) is 0.337. The first kappa shape index (κ1) is 18.3. The van der Waals surface area contributed by atoms with Crippen LogP contribution < -0.4 is 10.3 Å². The molecular formula is C24H17Cl2NO2. The number of aromatic nitrogens is 1. The molecule has 5 heteroatoms. The van der Waals surface area contributed by atoms with E-state index in [1.54, 1.807) is 17.7 Å². The molecule has 1 aromatic heterocycles. The predicted octanol–water partition coefficient (Wildman–Crippen LogP) is 6.08. The van der Waals surface area contributed by atoms with Gasteiger partial charge in [0.25, 0.3) is 5.56 Å². The van der Waals surface area contributed by atoms with E-state index in [4.69, 9.17) is 27.9 Å². The molecule has 1 atom stereocenters. The molecule has 0 fully saturated rings. The molecule has 2 heterocycles. The van der Waals surface area contributed by atoms with Crippen molar-refractivity contribution < 1.29 is 4.74 Å². The lowest BCUT2D eigenvalue weighted by atomic mass is 9.96. The second kappa shape index (κ2) is 6.94. The van der Waals surface area contributed by atoms with E-state index in [2.05, 4.69) is 6.07 Å². The topological polar surface area (TPSA) is 31.2 Å². The van der Waals surface area contributed by atoms with Gasteiger partial charge in [0.2, 0.25) is 0 Å². The number of hydrogen-bond donors (Lipinski definition) is 0. The molecule has 0 spiro atoms. The van der Waals surface area contributed by atoms with Gasteiger partial charge in [0.1, 0.15) is 12.4 Å². The molecule has 1 aliphatic rings. The monoisotopic (exact) mass is 421 g/mol. The van der Waals surface area contributed by atoms with E-state index < -0.39 is 0 Å². The lowest BCUT2D eigenvalue weighted by molar-refractivity contribution is 0.306. The Morgan fingerprint density at radius 2 is 1.79 bits per heavy atom. The summed E-state index contributed by atoms with van der Waals surface area (Å²) < 4.78 is 7.67. The average Bonchev–Trinajstić information content (AvgIpc) is 2.74. The van der Waals surface area contributed by atoms with Crippen molar-refractivity contribution >= 4 is 34.1 Å². The minimum absolute atomic E-state index is 0.0586. The molecule has 3 nitrogen and oxygen atoms in total. The van der Waals surface area contributed by atoms with Crippen molar-refractivity contribution in [2.24, 2.45) is 7.05 Å². The van der Waals surface area contributed by atoms with Gasteiger partial charge in [-0.15, -0.1) is 11.6 Å². The highest BCUT2D eigenvalue weighted by atomic mass is 35.5. The number of rotatable bonds is 0. The van der Waals surface area contributed by atoms with Gasteiger partial charge in [-0.25, -0.2) is 0 Å². The number of alkyl halides is 1. The fourth-order valence-corrected chi connectivity index (χ4v) is 4.29. The molecule has 29 heavy (non-hydrogen) atoms. The molecule has 0 saturated heterocycles. The van der Waals surface area contributed by atoms with Gasteiger partial charge in [0, 0.05) is 29.1 Å². The summed E-state index contributed by atoms with van der Waals surface area (Å²) in [5.74, 6) is 0.718. The first-order chi connectivity index (χ1) is 14.0. The molecule has 1 unspecified atom stereocenters. The highest BCUT2D eigenvalue weighted by Gasteiger charge is 2.17. The number of ether oxygens (including phenoxy) is 1. The minimum Gasteiger partial charge on any atom is -0.489 e. The first-order valence-electron chi connectivity index (χ1n) is 9.30. The molecule has 0 aliphatic carbocycles. The summed E-state index contributed by atoms with van der Waals surface area (Å²) >= 11 is 13.2. The van der Waals surface area contributed by atoms with Crippen molar-refractivity contribution in [3.05, 3.63) is 98.8 Å². The van der Waals surface area contributed by atoms with Crippen molar-refractivity contribution in [2.45, 2.75) is 12.0 Å². The third kappa shape index (κ3) is 3.11. The molecule has 144 valence electrons. The summed E-state index contributed by atoms with van der Waals surface area (Å²) in [7, 11) is 1.78. The van der Waals surface area contributed by atoms with Crippen LogP contribution in [0.15, 0.2) is 71.5 Å². The zero-order valence-corrected chi connectivity index (χ0v) is 17.2. The van der Waals surface area contributed by atoms with Gasteiger partial charge in [-0.05, 0) is 58.7 Å². The summed E-state index contributed by atoms with van der Waals surface area (Å²) in [5, 5.41) is 1.27. The van der Waals surface area contributed by atoms with Crippen LogP contribution in [-0.2, 0) is 13.7 Å². The fourth-order valence-electron chi connectivity index (χ4n) is 3.84. The van der Waals surface area contributed by atoms with Crippen LogP contribution in [0.2, 0.25) is 5.02 Å². The number of pyridine rings is 1. The zero-order valence-electron chi connectivity index (χ0n) is 15.7. The number of aryl methyl sites for hydroxylation is 1. The van der Waals surface area contributed by atoms with Crippen LogP contribution >= 0.6 is 23.2 Å². The van der Waals surface area contributed by atoms with Gasteiger partial charge in [0.05, 0.1) is 10.9 Å². The Kier molecular flexibility index (Phi) is 4.38. The van der Waals surface area contributed by atoms with Crippen molar-refractivity contribution in [3.63, 3.8) is 0 Å². The smallest absolute Gasteiger partial charge is 0.251 e. The first-order valence-corrected chi connectivity index (χ1v) is 10.1. The zero-order chi connectivity index (χ0) is 20.1. The third-order valence-electron chi connectivity index (χ3n) is 5.46. The number of nitrogens with zero attached hydrogens (tertiary/aromatic N) is 1. The summed E-state index contributed by atoms with van der Waals surface area (Å²) in [6, 6.07) is 21.2. The van der Waals surface area contributed by atoms with Crippen LogP contribution in [-0.4, -0.2) is 4.57 Å². The summed E-state index contributed by atoms with van der Waals surface area (Å²) in [6.07, 6.45) is 0. The third-order valence-corrected chi connectivity index (χ3v) is 6.34. The molecule has 0 amide bonds. The van der Waals surface area contributed by atoms with Crippen LogP contribution in [0.1, 0.15) is 22.1 Å². The van der Waals surface area contributed by atoms with E-state index in [1.165, 1.54) is 0 Å². The summed E-state index contributed by atoms with van der Waals surface area (Å²) in [5.41, 5.74) is 5.38. The molecule has 5 rings (SSSR count). The maximum Gasteiger partial charge on any atom is 0.251 e. The van der Waals surface area contributed by atoms with Crippen LogP contribution in [0.4, 0.5) is 0 Å². The minimum atomic E-state index is -0.343. The highest BCUT2D eigenvalue weighted by molar-refractivity contribution is 6.31. The highest BCUT2D eigenvalue weighted by Crippen LogP contribution is 2.36. The maximum absolute atomic E-state index is 12.6. The Morgan fingerprint density at radius 1 is 1.00 bits per heavy atom. The van der Waals surface area contributed by atoms with E-state index in [0.29, 0.717) is 11.6 Å². The summed E-state index contributed by atoms with van der Waals surface area (Å²) in [4.78, 5) is 12.6. The Hall–Kier alpha value is -2.75. The van der Waals surface area contributed by atoms with Gasteiger partial charge in [-0.3, -0.25) is 4.79 Å². The molecule has 3 aromatic carbocycles. The Morgan fingerprint density at radius 3 is 2.66 bits per heavy atom.